The maximum atomic E-state index is 5.60. The van der Waals surface area contributed by atoms with E-state index in [-0.39, 0.29) is 0 Å². The Morgan fingerprint density at radius 3 is 2.73 bits per heavy atom. The van der Waals surface area contributed by atoms with Crippen molar-refractivity contribution in [2.45, 2.75) is 38.3 Å². The lowest BCUT2D eigenvalue weighted by atomic mass is 10.2. The van der Waals surface area contributed by atoms with Crippen LogP contribution in [0.5, 0.6) is 0 Å². The Hall–Kier alpha value is -1.09. The van der Waals surface area contributed by atoms with Gasteiger partial charge in [-0.2, -0.15) is 0 Å². The molecule has 0 bridgehead atoms. The maximum Gasteiger partial charge on any atom is 0.0545 e. The number of hydrogen-bond acceptors (Lipinski definition) is 3. The SMILES string of the molecule is CN(Cc1ccc(N)cn1)C1CCCC1. The van der Waals surface area contributed by atoms with Crippen molar-refractivity contribution in [2.75, 3.05) is 12.8 Å². The fraction of sp³-hybridized carbons (Fsp3) is 0.583. The minimum absolute atomic E-state index is 0.738. The average molecular weight is 205 g/mol. The molecule has 1 fully saturated rings. The van der Waals surface area contributed by atoms with Gasteiger partial charge in [0, 0.05) is 12.6 Å². The smallest absolute Gasteiger partial charge is 0.0545 e. The molecule has 0 aromatic carbocycles. The lowest BCUT2D eigenvalue weighted by Gasteiger charge is -2.23. The van der Waals surface area contributed by atoms with Gasteiger partial charge in [-0.15, -0.1) is 0 Å². The van der Waals surface area contributed by atoms with E-state index in [1.165, 1.54) is 25.7 Å². The van der Waals surface area contributed by atoms with Crippen LogP contribution in [0.3, 0.4) is 0 Å². The molecule has 0 saturated heterocycles. The number of rotatable bonds is 3. The number of hydrogen-bond donors (Lipinski definition) is 1. The fourth-order valence-corrected chi connectivity index (χ4v) is 2.26. The van der Waals surface area contributed by atoms with Crippen LogP contribution < -0.4 is 5.73 Å². The molecule has 82 valence electrons. The Labute approximate surface area is 91.3 Å². The van der Waals surface area contributed by atoms with Gasteiger partial charge in [0.1, 0.15) is 0 Å². The molecule has 1 saturated carbocycles. The maximum absolute atomic E-state index is 5.60. The van der Waals surface area contributed by atoms with Crippen LogP contribution in [0, 0.1) is 0 Å². The standard InChI is InChI=1S/C12H19N3/c1-15(12-4-2-3-5-12)9-11-7-6-10(13)8-14-11/h6-8,12H,2-5,9,13H2,1H3. The highest BCUT2D eigenvalue weighted by atomic mass is 15.1. The summed E-state index contributed by atoms with van der Waals surface area (Å²) >= 11 is 0. The molecule has 2 N–H and O–H groups in total. The molecule has 15 heavy (non-hydrogen) atoms. The van der Waals surface area contributed by atoms with Gasteiger partial charge in [-0.3, -0.25) is 9.88 Å². The fourth-order valence-electron chi connectivity index (χ4n) is 2.26. The highest BCUT2D eigenvalue weighted by Gasteiger charge is 2.19. The molecule has 0 aliphatic heterocycles. The number of anilines is 1. The van der Waals surface area contributed by atoms with Gasteiger partial charge in [0.15, 0.2) is 0 Å². The van der Waals surface area contributed by atoms with Gasteiger partial charge >= 0.3 is 0 Å². The molecule has 1 aromatic heterocycles. The summed E-state index contributed by atoms with van der Waals surface area (Å²) in [6.45, 7) is 0.935. The van der Waals surface area contributed by atoms with E-state index in [0.717, 1.165) is 24.0 Å². The van der Waals surface area contributed by atoms with E-state index in [2.05, 4.69) is 16.9 Å². The Bertz CT molecular complexity index is 301. The van der Waals surface area contributed by atoms with E-state index >= 15 is 0 Å². The first-order valence-electron chi connectivity index (χ1n) is 5.66. The van der Waals surface area contributed by atoms with E-state index in [1.807, 2.05) is 12.1 Å². The first-order chi connectivity index (χ1) is 7.25. The van der Waals surface area contributed by atoms with Crippen LogP contribution in [0.4, 0.5) is 5.69 Å². The zero-order valence-corrected chi connectivity index (χ0v) is 9.32. The second-order valence-corrected chi connectivity index (χ2v) is 4.44. The topological polar surface area (TPSA) is 42.1 Å². The molecule has 2 rings (SSSR count). The van der Waals surface area contributed by atoms with Crippen molar-refractivity contribution >= 4 is 5.69 Å². The number of nitrogen functional groups attached to an aromatic ring is 1. The first-order valence-corrected chi connectivity index (χ1v) is 5.66. The van der Waals surface area contributed by atoms with Gasteiger partial charge in [-0.05, 0) is 32.0 Å². The number of nitrogens with zero attached hydrogens (tertiary/aromatic N) is 2. The van der Waals surface area contributed by atoms with E-state index < -0.39 is 0 Å². The molecular weight excluding hydrogens is 186 g/mol. The van der Waals surface area contributed by atoms with Crippen molar-refractivity contribution < 1.29 is 0 Å². The van der Waals surface area contributed by atoms with E-state index in [4.69, 9.17) is 5.73 Å². The van der Waals surface area contributed by atoms with Crippen LogP contribution in [-0.2, 0) is 6.54 Å². The molecule has 1 aliphatic carbocycles. The van der Waals surface area contributed by atoms with Gasteiger partial charge in [0.05, 0.1) is 17.6 Å². The van der Waals surface area contributed by atoms with Crippen LogP contribution in [0.25, 0.3) is 0 Å². The third-order valence-corrected chi connectivity index (χ3v) is 3.21. The Morgan fingerprint density at radius 2 is 2.13 bits per heavy atom. The van der Waals surface area contributed by atoms with Gasteiger partial charge in [0.25, 0.3) is 0 Å². The second kappa shape index (κ2) is 4.62. The van der Waals surface area contributed by atoms with E-state index in [1.54, 1.807) is 6.20 Å². The average Bonchev–Trinajstić information content (AvgIpc) is 2.74. The Balaban J connectivity index is 1.92. The summed E-state index contributed by atoms with van der Waals surface area (Å²) in [4.78, 5) is 6.73. The van der Waals surface area contributed by atoms with Gasteiger partial charge in [0.2, 0.25) is 0 Å². The molecule has 0 amide bonds. The molecule has 0 atom stereocenters. The molecule has 3 nitrogen and oxygen atoms in total. The summed E-state index contributed by atoms with van der Waals surface area (Å²) < 4.78 is 0. The van der Waals surface area contributed by atoms with Crippen molar-refractivity contribution in [3.63, 3.8) is 0 Å². The van der Waals surface area contributed by atoms with E-state index in [9.17, 15) is 0 Å². The Kier molecular flexibility index (Phi) is 3.21. The predicted molar refractivity (Wildman–Crippen MR) is 62.4 cm³/mol. The highest BCUT2D eigenvalue weighted by molar-refractivity contribution is 5.34. The molecule has 0 unspecified atom stereocenters. The molecular formula is C12H19N3. The zero-order valence-electron chi connectivity index (χ0n) is 9.32. The third-order valence-electron chi connectivity index (χ3n) is 3.21. The number of aromatic nitrogens is 1. The number of nitrogens with two attached hydrogens (primary N) is 1. The van der Waals surface area contributed by atoms with Crippen molar-refractivity contribution in [1.82, 2.24) is 9.88 Å². The van der Waals surface area contributed by atoms with Crippen LogP contribution in [0.2, 0.25) is 0 Å². The minimum Gasteiger partial charge on any atom is -0.397 e. The summed E-state index contributed by atoms with van der Waals surface area (Å²) in [6, 6.07) is 4.69. The largest absolute Gasteiger partial charge is 0.397 e. The normalized spacial score (nSPS) is 17.5. The molecule has 1 aliphatic rings. The summed E-state index contributed by atoms with van der Waals surface area (Å²) in [6.07, 6.45) is 7.17. The van der Waals surface area contributed by atoms with Crippen molar-refractivity contribution in [3.8, 4) is 0 Å². The van der Waals surface area contributed by atoms with Crippen molar-refractivity contribution in [3.05, 3.63) is 24.0 Å². The summed E-state index contributed by atoms with van der Waals surface area (Å²) in [7, 11) is 2.19. The summed E-state index contributed by atoms with van der Waals surface area (Å²) in [5, 5.41) is 0. The molecule has 0 spiro atoms. The molecule has 1 heterocycles. The van der Waals surface area contributed by atoms with E-state index in [0.29, 0.717) is 0 Å². The van der Waals surface area contributed by atoms with Crippen LogP contribution in [0.15, 0.2) is 18.3 Å². The van der Waals surface area contributed by atoms with Crippen molar-refractivity contribution in [1.29, 1.82) is 0 Å². The highest BCUT2D eigenvalue weighted by Crippen LogP contribution is 2.23. The number of pyridine rings is 1. The van der Waals surface area contributed by atoms with Crippen LogP contribution >= 0.6 is 0 Å². The molecule has 0 radical (unpaired) electrons. The van der Waals surface area contributed by atoms with Gasteiger partial charge < -0.3 is 5.73 Å². The minimum atomic E-state index is 0.738. The zero-order chi connectivity index (χ0) is 10.7. The molecule has 3 heteroatoms. The quantitative estimate of drug-likeness (QED) is 0.821. The summed E-state index contributed by atoms with van der Waals surface area (Å²) in [5.41, 5.74) is 7.45. The monoisotopic (exact) mass is 205 g/mol. The van der Waals surface area contributed by atoms with Gasteiger partial charge in [-0.25, -0.2) is 0 Å². The predicted octanol–water partition coefficient (Wildman–Crippen LogP) is 2.04. The Morgan fingerprint density at radius 1 is 1.40 bits per heavy atom. The molecule has 1 aromatic rings. The first kappa shape index (κ1) is 10.4. The van der Waals surface area contributed by atoms with Crippen molar-refractivity contribution in [2.24, 2.45) is 0 Å². The lowest BCUT2D eigenvalue weighted by molar-refractivity contribution is 0.235. The third kappa shape index (κ3) is 2.69. The lowest BCUT2D eigenvalue weighted by Crippen LogP contribution is -2.28. The second-order valence-electron chi connectivity index (χ2n) is 4.44. The van der Waals surface area contributed by atoms with Gasteiger partial charge in [-0.1, -0.05) is 12.8 Å². The summed E-state index contributed by atoms with van der Waals surface area (Å²) in [5.74, 6) is 0. The van der Waals surface area contributed by atoms with Crippen LogP contribution in [0.1, 0.15) is 31.4 Å². The van der Waals surface area contributed by atoms with Crippen LogP contribution in [-0.4, -0.2) is 23.0 Å².